The lowest BCUT2D eigenvalue weighted by Crippen LogP contribution is -2.26. The summed E-state index contributed by atoms with van der Waals surface area (Å²) in [5, 5.41) is 0. The van der Waals surface area contributed by atoms with Crippen molar-refractivity contribution in [3.8, 4) is 0 Å². The molecule has 2 rings (SSSR count). The van der Waals surface area contributed by atoms with Gasteiger partial charge in [0.2, 0.25) is 10.0 Å². The second-order valence-corrected chi connectivity index (χ2v) is 6.76. The van der Waals surface area contributed by atoms with E-state index in [-0.39, 0.29) is 5.92 Å². The summed E-state index contributed by atoms with van der Waals surface area (Å²) < 4.78 is 25.7. The average molecular weight is 290 g/mol. The SMILES string of the molecule is CC(C)c1ccccc1N(c1ccccn1)S(C)(=O)=O. The molecule has 0 aliphatic carbocycles. The van der Waals surface area contributed by atoms with Crippen LogP contribution in [0.2, 0.25) is 0 Å². The van der Waals surface area contributed by atoms with Crippen molar-refractivity contribution < 1.29 is 8.42 Å². The fourth-order valence-electron chi connectivity index (χ4n) is 2.11. The third-order valence-electron chi connectivity index (χ3n) is 2.97. The predicted octanol–water partition coefficient (Wildman–Crippen LogP) is 3.30. The molecule has 0 atom stereocenters. The number of pyridine rings is 1. The van der Waals surface area contributed by atoms with Crippen LogP contribution in [0.25, 0.3) is 0 Å². The van der Waals surface area contributed by atoms with Crippen molar-refractivity contribution in [3.63, 3.8) is 0 Å². The minimum absolute atomic E-state index is 0.221. The molecule has 0 bridgehead atoms. The van der Waals surface area contributed by atoms with Crippen LogP contribution in [0, 0.1) is 0 Å². The van der Waals surface area contributed by atoms with E-state index in [9.17, 15) is 8.42 Å². The molecule has 20 heavy (non-hydrogen) atoms. The third kappa shape index (κ3) is 2.99. The second kappa shape index (κ2) is 5.63. The monoisotopic (exact) mass is 290 g/mol. The Hall–Kier alpha value is -1.88. The zero-order chi connectivity index (χ0) is 14.8. The highest BCUT2D eigenvalue weighted by molar-refractivity contribution is 7.92. The summed E-state index contributed by atoms with van der Waals surface area (Å²) >= 11 is 0. The maximum Gasteiger partial charge on any atom is 0.237 e. The van der Waals surface area contributed by atoms with Gasteiger partial charge in [-0.2, -0.15) is 0 Å². The Kier molecular flexibility index (Phi) is 4.09. The van der Waals surface area contributed by atoms with E-state index in [0.717, 1.165) is 5.56 Å². The molecule has 106 valence electrons. The molecule has 0 aliphatic rings. The lowest BCUT2D eigenvalue weighted by atomic mass is 10.0. The van der Waals surface area contributed by atoms with Gasteiger partial charge in [0.15, 0.2) is 0 Å². The van der Waals surface area contributed by atoms with Gasteiger partial charge in [-0.15, -0.1) is 0 Å². The summed E-state index contributed by atoms with van der Waals surface area (Å²) in [5.41, 5.74) is 1.63. The Bertz CT molecular complexity index is 682. The summed E-state index contributed by atoms with van der Waals surface area (Å²) in [6.07, 6.45) is 2.78. The Morgan fingerprint density at radius 1 is 1.05 bits per heavy atom. The molecule has 0 aliphatic heterocycles. The van der Waals surface area contributed by atoms with E-state index >= 15 is 0 Å². The first-order chi connectivity index (χ1) is 9.41. The first-order valence-corrected chi connectivity index (χ1v) is 8.26. The van der Waals surface area contributed by atoms with Gasteiger partial charge in [0, 0.05) is 6.20 Å². The van der Waals surface area contributed by atoms with Crippen molar-refractivity contribution in [3.05, 3.63) is 54.2 Å². The van der Waals surface area contributed by atoms with Gasteiger partial charge in [-0.1, -0.05) is 38.1 Å². The summed E-state index contributed by atoms with van der Waals surface area (Å²) in [5.74, 6) is 0.627. The lowest BCUT2D eigenvalue weighted by molar-refractivity contribution is 0.601. The quantitative estimate of drug-likeness (QED) is 0.868. The molecule has 4 nitrogen and oxygen atoms in total. The molecule has 0 spiro atoms. The fourth-order valence-corrected chi connectivity index (χ4v) is 3.08. The van der Waals surface area contributed by atoms with Gasteiger partial charge in [0.05, 0.1) is 11.9 Å². The molecule has 2 aromatic rings. The largest absolute Gasteiger partial charge is 0.238 e. The minimum atomic E-state index is -3.46. The van der Waals surface area contributed by atoms with Crippen LogP contribution in [0.3, 0.4) is 0 Å². The number of para-hydroxylation sites is 1. The fraction of sp³-hybridized carbons (Fsp3) is 0.267. The molecule has 0 N–H and O–H groups in total. The molecule has 1 heterocycles. The van der Waals surface area contributed by atoms with Crippen LogP contribution in [0.5, 0.6) is 0 Å². The van der Waals surface area contributed by atoms with Gasteiger partial charge in [0.1, 0.15) is 5.82 Å². The molecule has 0 amide bonds. The van der Waals surface area contributed by atoms with Gasteiger partial charge >= 0.3 is 0 Å². The first-order valence-electron chi connectivity index (χ1n) is 6.41. The molecule has 0 unspecified atom stereocenters. The van der Waals surface area contributed by atoms with Crippen LogP contribution in [-0.2, 0) is 10.0 Å². The highest BCUT2D eigenvalue weighted by Crippen LogP contribution is 2.33. The van der Waals surface area contributed by atoms with Gasteiger partial charge in [-0.3, -0.25) is 0 Å². The van der Waals surface area contributed by atoms with Crippen molar-refractivity contribution in [1.82, 2.24) is 4.98 Å². The van der Waals surface area contributed by atoms with Gasteiger partial charge in [-0.05, 0) is 29.7 Å². The average Bonchev–Trinajstić information content (AvgIpc) is 2.39. The number of hydrogen-bond acceptors (Lipinski definition) is 3. The summed E-state index contributed by atoms with van der Waals surface area (Å²) in [4.78, 5) is 4.17. The van der Waals surface area contributed by atoms with E-state index < -0.39 is 10.0 Å². The van der Waals surface area contributed by atoms with Gasteiger partial charge in [0.25, 0.3) is 0 Å². The van der Waals surface area contributed by atoms with Crippen LogP contribution >= 0.6 is 0 Å². The van der Waals surface area contributed by atoms with Crippen molar-refractivity contribution in [2.75, 3.05) is 10.6 Å². The molecular weight excluding hydrogens is 272 g/mol. The number of sulfonamides is 1. The van der Waals surface area contributed by atoms with Crippen LogP contribution in [0.1, 0.15) is 25.3 Å². The highest BCUT2D eigenvalue weighted by atomic mass is 32.2. The zero-order valence-electron chi connectivity index (χ0n) is 11.8. The highest BCUT2D eigenvalue weighted by Gasteiger charge is 2.23. The molecule has 0 saturated heterocycles. The molecule has 5 heteroatoms. The van der Waals surface area contributed by atoms with E-state index in [0.29, 0.717) is 11.5 Å². The number of hydrogen-bond donors (Lipinski definition) is 0. The van der Waals surface area contributed by atoms with Gasteiger partial charge < -0.3 is 0 Å². The summed E-state index contributed by atoms with van der Waals surface area (Å²) in [6, 6.07) is 12.7. The maximum absolute atomic E-state index is 12.2. The number of anilines is 2. The van der Waals surface area contributed by atoms with Crippen LogP contribution < -0.4 is 4.31 Å². The van der Waals surface area contributed by atoms with E-state index in [1.165, 1.54) is 10.6 Å². The Labute approximate surface area is 120 Å². The zero-order valence-corrected chi connectivity index (χ0v) is 12.6. The number of aromatic nitrogens is 1. The first kappa shape index (κ1) is 14.5. The Balaban J connectivity index is 2.66. The second-order valence-electron chi connectivity index (χ2n) is 4.93. The van der Waals surface area contributed by atoms with Crippen LogP contribution in [0.15, 0.2) is 48.7 Å². The molecule has 0 radical (unpaired) electrons. The molecule has 1 aromatic carbocycles. The molecule has 0 saturated carbocycles. The third-order valence-corrected chi connectivity index (χ3v) is 4.01. The number of nitrogens with zero attached hydrogens (tertiary/aromatic N) is 2. The maximum atomic E-state index is 12.2. The van der Waals surface area contributed by atoms with E-state index in [1.807, 2.05) is 38.1 Å². The van der Waals surface area contributed by atoms with Crippen LogP contribution in [0.4, 0.5) is 11.5 Å². The van der Waals surface area contributed by atoms with E-state index in [2.05, 4.69) is 4.98 Å². The van der Waals surface area contributed by atoms with E-state index in [4.69, 9.17) is 0 Å². The molecular formula is C15H18N2O2S. The summed E-state index contributed by atoms with van der Waals surface area (Å²) in [6.45, 7) is 4.08. The minimum Gasteiger partial charge on any atom is -0.238 e. The predicted molar refractivity (Wildman–Crippen MR) is 81.8 cm³/mol. The van der Waals surface area contributed by atoms with Crippen molar-refractivity contribution >= 4 is 21.5 Å². The van der Waals surface area contributed by atoms with Crippen LogP contribution in [-0.4, -0.2) is 19.7 Å². The molecule has 0 fully saturated rings. The Morgan fingerprint density at radius 3 is 2.25 bits per heavy atom. The summed E-state index contributed by atoms with van der Waals surface area (Å²) in [7, 11) is -3.46. The number of benzene rings is 1. The lowest BCUT2D eigenvalue weighted by Gasteiger charge is -2.25. The van der Waals surface area contributed by atoms with Crippen molar-refractivity contribution in [1.29, 1.82) is 0 Å². The van der Waals surface area contributed by atoms with Crippen molar-refractivity contribution in [2.45, 2.75) is 19.8 Å². The number of rotatable bonds is 4. The Morgan fingerprint density at radius 2 is 1.70 bits per heavy atom. The molecule has 1 aromatic heterocycles. The topological polar surface area (TPSA) is 50.3 Å². The van der Waals surface area contributed by atoms with Crippen molar-refractivity contribution in [2.24, 2.45) is 0 Å². The van der Waals surface area contributed by atoms with Gasteiger partial charge in [-0.25, -0.2) is 17.7 Å². The smallest absolute Gasteiger partial charge is 0.237 e. The standard InChI is InChI=1S/C15H18N2O2S/c1-12(2)13-8-4-5-9-14(13)17(20(3,18)19)15-10-6-7-11-16-15/h4-12H,1-3H3. The normalized spacial score (nSPS) is 11.6. The van der Waals surface area contributed by atoms with E-state index in [1.54, 1.807) is 24.4 Å².